The van der Waals surface area contributed by atoms with Crippen LogP contribution in [-0.2, 0) is 9.31 Å². The lowest BCUT2D eigenvalue weighted by Crippen LogP contribution is -2.41. The van der Waals surface area contributed by atoms with Crippen molar-refractivity contribution in [2.75, 3.05) is 11.5 Å². The summed E-state index contributed by atoms with van der Waals surface area (Å²) in [5.41, 5.74) is 13.7. The van der Waals surface area contributed by atoms with Gasteiger partial charge in [0.2, 0.25) is 0 Å². The molecule has 14 heteroatoms. The molecule has 4 nitrogen and oxygen atoms in total. The van der Waals surface area contributed by atoms with Gasteiger partial charge in [0.1, 0.15) is 11.4 Å². The zero-order valence-electron chi connectivity index (χ0n) is 32.2. The molecule has 1 fully saturated rings. The van der Waals surface area contributed by atoms with Crippen molar-refractivity contribution in [3.63, 3.8) is 0 Å². The lowest BCUT2D eigenvalue weighted by atomic mass is 9.78. The third kappa shape index (κ3) is 9.09. The molecule has 0 unspecified atom stereocenters. The van der Waals surface area contributed by atoms with Crippen LogP contribution in [0.1, 0.15) is 38.8 Å². The topological polar surface area (TPSA) is 70.5 Å². The molecule has 1 aliphatic rings. The SMILES string of the molecule is Cc1ccc(-c2ccc(-c3c(F)c(F)c(N)c(F)c3F)cc2)cc1.Cc1ccc(-c2ccc(B3OC(C)(C)C(C)(C)O3)cc2)cc1.Nc1c(F)c(F)c(Br)c(F)c1F. The fourth-order valence-corrected chi connectivity index (χ4v) is 6.01. The normalized spacial score (nSPS) is 14.0. The molecule has 7 rings (SSSR count). The molecule has 0 aromatic heterocycles. The largest absolute Gasteiger partial charge is 0.494 e. The van der Waals surface area contributed by atoms with E-state index in [2.05, 4.69) is 99.1 Å². The molecule has 0 bridgehead atoms. The van der Waals surface area contributed by atoms with E-state index >= 15 is 0 Å². The van der Waals surface area contributed by atoms with Crippen molar-refractivity contribution < 1.29 is 44.4 Å². The van der Waals surface area contributed by atoms with Crippen molar-refractivity contribution in [1.82, 2.24) is 0 Å². The summed E-state index contributed by atoms with van der Waals surface area (Å²) < 4.78 is 116. The Balaban J connectivity index is 0.000000175. The van der Waals surface area contributed by atoms with Crippen LogP contribution in [0, 0.1) is 60.4 Å². The molecule has 0 radical (unpaired) electrons. The maximum absolute atomic E-state index is 14.0. The van der Waals surface area contributed by atoms with Crippen LogP contribution in [0.4, 0.5) is 46.5 Å². The van der Waals surface area contributed by atoms with E-state index in [1.807, 2.05) is 31.2 Å². The predicted molar refractivity (Wildman–Crippen MR) is 217 cm³/mol. The minimum atomic E-state index is -1.60. The predicted octanol–water partition coefficient (Wildman–Crippen LogP) is 12.0. The zero-order valence-corrected chi connectivity index (χ0v) is 33.8. The standard InChI is InChI=1S/C19H23BO2.C19H13F4N.C6H2BrF4N/c1-14-6-8-15(9-7-14)16-10-12-17(13-11-16)20-21-18(2,3)19(4,5)22-20;1-10-2-4-11(5-3-10)12-6-8-13(9-7-12)14-15(20)17(22)19(24)18(23)16(14)21;7-1-2(8)4(10)6(12)5(11)3(1)9/h6-13H,1-5H3;2-9H,24H2,1H3;12H2. The first-order valence-corrected chi connectivity index (χ1v) is 18.5. The molecule has 302 valence electrons. The van der Waals surface area contributed by atoms with Crippen molar-refractivity contribution in [2.45, 2.75) is 52.7 Å². The van der Waals surface area contributed by atoms with Gasteiger partial charge in [-0.3, -0.25) is 0 Å². The average molecular weight is 870 g/mol. The van der Waals surface area contributed by atoms with Gasteiger partial charge in [0.15, 0.2) is 46.5 Å². The quantitative estimate of drug-likeness (QED) is 0.0609. The van der Waals surface area contributed by atoms with E-state index in [1.165, 1.54) is 28.8 Å². The number of rotatable bonds is 4. The van der Waals surface area contributed by atoms with Gasteiger partial charge < -0.3 is 20.8 Å². The number of hydrogen-bond acceptors (Lipinski definition) is 4. The molecular weight excluding hydrogens is 831 g/mol. The zero-order chi connectivity index (χ0) is 42.9. The molecule has 58 heavy (non-hydrogen) atoms. The Morgan fingerprint density at radius 2 is 0.707 bits per heavy atom. The van der Waals surface area contributed by atoms with E-state index in [0.717, 1.165) is 22.2 Å². The van der Waals surface area contributed by atoms with Gasteiger partial charge >= 0.3 is 7.12 Å². The van der Waals surface area contributed by atoms with Gasteiger partial charge in [0.25, 0.3) is 0 Å². The van der Waals surface area contributed by atoms with Crippen LogP contribution in [-0.4, -0.2) is 18.3 Å². The third-order valence-corrected chi connectivity index (χ3v) is 10.6. The maximum Gasteiger partial charge on any atom is 0.494 e. The van der Waals surface area contributed by atoms with Gasteiger partial charge in [-0.2, -0.15) is 0 Å². The molecular formula is C44H38BBrF8N2O2. The summed E-state index contributed by atoms with van der Waals surface area (Å²) in [6.45, 7) is 12.4. The number of anilines is 2. The second kappa shape index (κ2) is 17.4. The van der Waals surface area contributed by atoms with Gasteiger partial charge in [-0.1, -0.05) is 108 Å². The second-order valence-corrected chi connectivity index (χ2v) is 15.3. The minimum Gasteiger partial charge on any atom is -0.399 e. The highest BCUT2D eigenvalue weighted by molar-refractivity contribution is 9.10. The summed E-state index contributed by atoms with van der Waals surface area (Å²) in [6, 6.07) is 30.8. The Morgan fingerprint density at radius 1 is 0.431 bits per heavy atom. The second-order valence-electron chi connectivity index (χ2n) is 14.5. The van der Waals surface area contributed by atoms with Gasteiger partial charge in [0, 0.05) is 0 Å². The lowest BCUT2D eigenvalue weighted by molar-refractivity contribution is 0.00578. The first-order valence-electron chi connectivity index (χ1n) is 17.7. The Morgan fingerprint density at radius 3 is 1.05 bits per heavy atom. The molecule has 0 saturated carbocycles. The van der Waals surface area contributed by atoms with Crippen LogP contribution >= 0.6 is 15.9 Å². The number of benzene rings is 6. The monoisotopic (exact) mass is 868 g/mol. The molecule has 1 saturated heterocycles. The van der Waals surface area contributed by atoms with E-state index < -0.39 is 67.9 Å². The van der Waals surface area contributed by atoms with E-state index in [0.29, 0.717) is 0 Å². The molecule has 0 atom stereocenters. The number of nitrogens with two attached hydrogens (primary N) is 2. The summed E-state index contributed by atoms with van der Waals surface area (Å²) in [7, 11) is -0.294. The Labute approximate surface area is 340 Å². The van der Waals surface area contributed by atoms with E-state index in [9.17, 15) is 35.1 Å². The van der Waals surface area contributed by atoms with Crippen molar-refractivity contribution in [3.05, 3.63) is 159 Å². The lowest BCUT2D eigenvalue weighted by Gasteiger charge is -2.32. The maximum atomic E-state index is 14.0. The molecule has 6 aromatic rings. The smallest absolute Gasteiger partial charge is 0.399 e. The summed E-state index contributed by atoms with van der Waals surface area (Å²) in [5, 5.41) is 0. The Bertz CT molecular complexity index is 2280. The molecule has 4 N–H and O–H groups in total. The average Bonchev–Trinajstić information content (AvgIpc) is 3.44. The van der Waals surface area contributed by atoms with E-state index in [4.69, 9.17) is 20.8 Å². The first-order chi connectivity index (χ1) is 27.1. The highest BCUT2D eigenvalue weighted by atomic mass is 79.9. The van der Waals surface area contributed by atoms with Crippen LogP contribution in [0.2, 0.25) is 0 Å². The number of halogens is 9. The summed E-state index contributed by atoms with van der Waals surface area (Å²) in [5.74, 6) is -12.5. The van der Waals surface area contributed by atoms with E-state index in [1.54, 1.807) is 12.1 Å². The van der Waals surface area contributed by atoms with Crippen molar-refractivity contribution in [1.29, 1.82) is 0 Å². The highest BCUT2D eigenvalue weighted by Crippen LogP contribution is 2.37. The van der Waals surface area contributed by atoms with Gasteiger partial charge in [0.05, 0.1) is 21.2 Å². The van der Waals surface area contributed by atoms with Crippen LogP contribution in [0.25, 0.3) is 33.4 Å². The first kappa shape index (κ1) is 43.9. The van der Waals surface area contributed by atoms with Gasteiger partial charge in [-0.25, -0.2) is 35.1 Å². The number of nitrogen functional groups attached to an aromatic ring is 2. The highest BCUT2D eigenvalue weighted by Gasteiger charge is 2.51. The van der Waals surface area contributed by atoms with Crippen molar-refractivity contribution >= 4 is 39.9 Å². The molecule has 1 heterocycles. The Kier molecular flexibility index (Phi) is 13.1. The number of aryl methyl sites for hydroxylation is 2. The van der Waals surface area contributed by atoms with Crippen molar-refractivity contribution in [2.24, 2.45) is 0 Å². The molecule has 0 spiro atoms. The Hall–Kier alpha value is -5.18. The third-order valence-electron chi connectivity index (χ3n) is 9.92. The van der Waals surface area contributed by atoms with Crippen LogP contribution in [0.15, 0.2) is 102 Å². The van der Waals surface area contributed by atoms with Crippen molar-refractivity contribution in [3.8, 4) is 33.4 Å². The molecule has 6 aromatic carbocycles. The van der Waals surface area contributed by atoms with Crippen LogP contribution < -0.4 is 16.9 Å². The molecule has 1 aliphatic heterocycles. The van der Waals surface area contributed by atoms with Gasteiger partial charge in [-0.05, 0) is 90.8 Å². The minimum absolute atomic E-state index is 0.0265. The number of hydrogen-bond donors (Lipinski definition) is 2. The summed E-state index contributed by atoms with van der Waals surface area (Å²) in [4.78, 5) is 0. The van der Waals surface area contributed by atoms with E-state index in [-0.39, 0.29) is 23.9 Å². The fourth-order valence-electron chi connectivity index (χ4n) is 5.66. The van der Waals surface area contributed by atoms with Gasteiger partial charge in [-0.15, -0.1) is 0 Å². The molecule has 0 aliphatic carbocycles. The molecule has 0 amide bonds. The fraction of sp³-hybridized carbons (Fsp3) is 0.182. The summed E-state index contributed by atoms with van der Waals surface area (Å²) >= 11 is 2.33. The summed E-state index contributed by atoms with van der Waals surface area (Å²) in [6.07, 6.45) is 0. The van der Waals surface area contributed by atoms with Crippen LogP contribution in [0.5, 0.6) is 0 Å². The van der Waals surface area contributed by atoms with Crippen LogP contribution in [0.3, 0.4) is 0 Å².